The first-order chi connectivity index (χ1) is 13.3. The van der Waals surface area contributed by atoms with Crippen LogP contribution in [0.25, 0.3) is 0 Å². The first-order valence-electron chi connectivity index (χ1n) is 9.25. The summed E-state index contributed by atoms with van der Waals surface area (Å²) in [5.74, 6) is -0.156. The topological polar surface area (TPSA) is 76.1 Å². The van der Waals surface area contributed by atoms with Crippen LogP contribution in [0.2, 0.25) is 0 Å². The fourth-order valence-corrected chi connectivity index (χ4v) is 3.13. The maximum Gasteiger partial charge on any atom is 0.341 e. The minimum absolute atomic E-state index is 0.0315. The highest BCUT2D eigenvalue weighted by molar-refractivity contribution is 5.97. The molecule has 6 nitrogen and oxygen atoms in total. The van der Waals surface area contributed by atoms with Crippen molar-refractivity contribution in [2.45, 2.75) is 32.3 Å². The molecule has 3 rings (SSSR count). The van der Waals surface area contributed by atoms with Crippen LogP contribution in [0.5, 0.6) is 11.5 Å². The van der Waals surface area contributed by atoms with Crippen molar-refractivity contribution in [2.75, 3.05) is 19.7 Å². The number of nitrogens with zero attached hydrogens (tertiary/aromatic N) is 1. The van der Waals surface area contributed by atoms with Crippen LogP contribution >= 0.6 is 0 Å². The predicted octanol–water partition coefficient (Wildman–Crippen LogP) is 3.35. The Kier molecular flexibility index (Phi) is 5.58. The molecule has 1 saturated heterocycles. The fraction of sp³-hybridized carbons (Fsp3) is 0.364. The molecular formula is C22H25NO5. The molecular weight excluding hydrogens is 358 g/mol. The van der Waals surface area contributed by atoms with Crippen LogP contribution in [-0.4, -0.2) is 47.7 Å². The van der Waals surface area contributed by atoms with Gasteiger partial charge >= 0.3 is 5.97 Å². The number of carboxylic acid groups (broad SMARTS) is 1. The Balaban J connectivity index is 1.64. The summed E-state index contributed by atoms with van der Waals surface area (Å²) in [4.78, 5) is 25.2. The number of amides is 1. The van der Waals surface area contributed by atoms with Crippen molar-refractivity contribution in [3.05, 3.63) is 59.7 Å². The highest BCUT2D eigenvalue weighted by Crippen LogP contribution is 2.33. The first kappa shape index (κ1) is 19.7. The average molecular weight is 383 g/mol. The summed E-state index contributed by atoms with van der Waals surface area (Å²) in [5, 5.41) is 8.79. The maximum atomic E-state index is 12.8. The molecule has 2 aromatic carbocycles. The van der Waals surface area contributed by atoms with Gasteiger partial charge in [0.15, 0.2) is 6.61 Å². The van der Waals surface area contributed by atoms with Gasteiger partial charge in [0.2, 0.25) is 0 Å². The summed E-state index contributed by atoms with van der Waals surface area (Å²) in [6.45, 7) is 6.88. The van der Waals surface area contributed by atoms with E-state index >= 15 is 0 Å². The lowest BCUT2D eigenvalue weighted by atomic mass is 9.86. The number of hydrogen-bond donors (Lipinski definition) is 1. The maximum absolute atomic E-state index is 12.8. The summed E-state index contributed by atoms with van der Waals surface area (Å²) in [6, 6.07) is 14.6. The number of carboxylic acids is 1. The van der Waals surface area contributed by atoms with E-state index in [0.717, 1.165) is 11.3 Å². The zero-order valence-corrected chi connectivity index (χ0v) is 16.3. The van der Waals surface area contributed by atoms with E-state index in [2.05, 4.69) is 26.8 Å². The molecule has 1 aliphatic rings. The first-order valence-corrected chi connectivity index (χ1v) is 9.25. The molecule has 0 spiro atoms. The van der Waals surface area contributed by atoms with Gasteiger partial charge in [-0.05, 0) is 29.2 Å². The highest BCUT2D eigenvalue weighted by atomic mass is 16.5. The fourth-order valence-electron chi connectivity index (χ4n) is 3.13. The Hall–Kier alpha value is -3.02. The van der Waals surface area contributed by atoms with Gasteiger partial charge in [-0.2, -0.15) is 0 Å². The Labute approximate surface area is 164 Å². The summed E-state index contributed by atoms with van der Waals surface area (Å²) in [5.41, 5.74) is 1.46. The minimum Gasteiger partial charge on any atom is -0.486 e. The largest absolute Gasteiger partial charge is 0.486 e. The third-order valence-electron chi connectivity index (χ3n) is 4.59. The number of para-hydroxylation sites is 2. The van der Waals surface area contributed by atoms with Gasteiger partial charge in [0.1, 0.15) is 17.6 Å². The number of carbonyl (C=O) groups is 2. The van der Waals surface area contributed by atoms with Crippen LogP contribution in [0.1, 0.15) is 36.7 Å². The van der Waals surface area contributed by atoms with Crippen LogP contribution in [0.3, 0.4) is 0 Å². The van der Waals surface area contributed by atoms with Gasteiger partial charge in [-0.15, -0.1) is 0 Å². The quantitative estimate of drug-likeness (QED) is 0.828. The monoisotopic (exact) mass is 383 g/mol. The van der Waals surface area contributed by atoms with E-state index in [9.17, 15) is 9.59 Å². The standard InChI is InChI=1S/C22H25NO5/c1-22(2,3)17-9-5-7-11-19(17)28-15-12-23(13-15)21(26)16-8-4-6-10-18(16)27-14-20(24)25/h4-11,15H,12-14H2,1-3H3,(H,24,25). The molecule has 0 aliphatic carbocycles. The van der Waals surface area contributed by atoms with Crippen LogP contribution in [-0.2, 0) is 10.2 Å². The van der Waals surface area contributed by atoms with Crippen LogP contribution < -0.4 is 9.47 Å². The average Bonchev–Trinajstić information content (AvgIpc) is 2.62. The van der Waals surface area contributed by atoms with Crippen molar-refractivity contribution in [2.24, 2.45) is 0 Å². The van der Waals surface area contributed by atoms with Crippen molar-refractivity contribution in [3.63, 3.8) is 0 Å². The van der Waals surface area contributed by atoms with Crippen molar-refractivity contribution in [3.8, 4) is 11.5 Å². The SMILES string of the molecule is CC(C)(C)c1ccccc1OC1CN(C(=O)c2ccccc2OCC(=O)O)C1. The van der Waals surface area contributed by atoms with Crippen LogP contribution in [0.15, 0.2) is 48.5 Å². The number of rotatable bonds is 6. The highest BCUT2D eigenvalue weighted by Gasteiger charge is 2.34. The lowest BCUT2D eigenvalue weighted by molar-refractivity contribution is -0.139. The van der Waals surface area contributed by atoms with E-state index in [-0.39, 0.29) is 23.2 Å². The second-order valence-electron chi connectivity index (χ2n) is 7.87. The zero-order valence-electron chi connectivity index (χ0n) is 16.3. The molecule has 148 valence electrons. The molecule has 1 aliphatic heterocycles. The number of likely N-dealkylation sites (tertiary alicyclic amines) is 1. The third kappa shape index (κ3) is 4.44. The van der Waals surface area contributed by atoms with Crippen LogP contribution in [0, 0.1) is 0 Å². The van der Waals surface area contributed by atoms with Crippen molar-refractivity contribution in [1.29, 1.82) is 0 Å². The molecule has 0 unspecified atom stereocenters. The molecule has 1 N–H and O–H groups in total. The Morgan fingerprint density at radius 3 is 2.29 bits per heavy atom. The Bertz CT molecular complexity index is 865. The van der Waals surface area contributed by atoms with E-state index in [1.165, 1.54) is 0 Å². The summed E-state index contributed by atoms with van der Waals surface area (Å²) >= 11 is 0. The van der Waals surface area contributed by atoms with Crippen molar-refractivity contribution in [1.82, 2.24) is 4.90 Å². The van der Waals surface area contributed by atoms with Gasteiger partial charge in [-0.3, -0.25) is 4.79 Å². The molecule has 1 amide bonds. The van der Waals surface area contributed by atoms with E-state index in [4.69, 9.17) is 14.6 Å². The predicted molar refractivity (Wildman–Crippen MR) is 105 cm³/mol. The molecule has 28 heavy (non-hydrogen) atoms. The van der Waals surface area contributed by atoms with Gasteiger partial charge < -0.3 is 19.5 Å². The second-order valence-corrected chi connectivity index (χ2v) is 7.87. The minimum atomic E-state index is -1.09. The van der Waals surface area contributed by atoms with E-state index in [1.807, 2.05) is 18.2 Å². The molecule has 0 saturated carbocycles. The third-order valence-corrected chi connectivity index (χ3v) is 4.59. The van der Waals surface area contributed by atoms with Gasteiger partial charge in [0.25, 0.3) is 5.91 Å². The molecule has 0 radical (unpaired) electrons. The lowest BCUT2D eigenvalue weighted by Gasteiger charge is -2.40. The summed E-state index contributed by atoms with van der Waals surface area (Å²) < 4.78 is 11.4. The van der Waals surface area contributed by atoms with E-state index in [1.54, 1.807) is 29.2 Å². The van der Waals surface area contributed by atoms with Gasteiger partial charge in [0.05, 0.1) is 18.7 Å². The number of aliphatic carboxylic acids is 1. The molecule has 6 heteroatoms. The normalized spacial score (nSPS) is 14.3. The molecule has 0 atom stereocenters. The van der Waals surface area contributed by atoms with Gasteiger partial charge in [-0.25, -0.2) is 4.79 Å². The number of benzene rings is 2. The van der Waals surface area contributed by atoms with E-state index in [0.29, 0.717) is 18.7 Å². The second kappa shape index (κ2) is 7.92. The molecule has 0 bridgehead atoms. The molecule has 2 aromatic rings. The molecule has 1 fully saturated rings. The lowest BCUT2D eigenvalue weighted by Crippen LogP contribution is -2.56. The summed E-state index contributed by atoms with van der Waals surface area (Å²) in [6.07, 6.45) is -0.0699. The van der Waals surface area contributed by atoms with E-state index < -0.39 is 12.6 Å². The smallest absolute Gasteiger partial charge is 0.341 e. The Morgan fingerprint density at radius 1 is 1.04 bits per heavy atom. The van der Waals surface area contributed by atoms with Crippen molar-refractivity contribution < 1.29 is 24.2 Å². The number of hydrogen-bond acceptors (Lipinski definition) is 4. The number of carbonyl (C=O) groups excluding carboxylic acids is 1. The zero-order chi connectivity index (χ0) is 20.3. The number of ether oxygens (including phenoxy) is 2. The Morgan fingerprint density at radius 2 is 1.64 bits per heavy atom. The molecule has 1 heterocycles. The van der Waals surface area contributed by atoms with Crippen LogP contribution in [0.4, 0.5) is 0 Å². The molecule has 0 aromatic heterocycles. The van der Waals surface area contributed by atoms with Crippen molar-refractivity contribution >= 4 is 11.9 Å². The van der Waals surface area contributed by atoms with Gasteiger partial charge in [0, 0.05) is 0 Å². The van der Waals surface area contributed by atoms with Gasteiger partial charge in [-0.1, -0.05) is 51.1 Å². The summed E-state index contributed by atoms with van der Waals surface area (Å²) in [7, 11) is 0.